The lowest BCUT2D eigenvalue weighted by Gasteiger charge is -2.12. The van der Waals surface area contributed by atoms with Gasteiger partial charge in [0, 0.05) is 0 Å². The third kappa shape index (κ3) is 4.31. The molecule has 1 aromatic rings. The molecule has 1 aromatic heterocycles. The number of hydrogen-bond acceptors (Lipinski definition) is 4. The van der Waals surface area contributed by atoms with Crippen molar-refractivity contribution in [2.45, 2.75) is 19.7 Å². The first-order valence-corrected chi connectivity index (χ1v) is 5.79. The predicted octanol–water partition coefficient (Wildman–Crippen LogP) is 2.61. The van der Waals surface area contributed by atoms with Gasteiger partial charge in [0.1, 0.15) is 3.70 Å². The molecular formula is C10H9F3INO3. The number of methoxy groups -OCH3 is 1. The number of halogens is 4. The Hall–Kier alpha value is -1.06. The van der Waals surface area contributed by atoms with Gasteiger partial charge < -0.3 is 9.47 Å². The van der Waals surface area contributed by atoms with Crippen LogP contribution in [0.2, 0.25) is 0 Å². The summed E-state index contributed by atoms with van der Waals surface area (Å²) in [5.41, 5.74) is 0.792. The van der Waals surface area contributed by atoms with Crippen LogP contribution in [0, 0.1) is 10.6 Å². The Balaban J connectivity index is 3.01. The van der Waals surface area contributed by atoms with E-state index in [9.17, 15) is 18.0 Å². The molecule has 0 N–H and O–H groups in total. The van der Waals surface area contributed by atoms with Gasteiger partial charge >= 0.3 is 12.3 Å². The topological polar surface area (TPSA) is 48.4 Å². The second kappa shape index (κ2) is 5.72. The summed E-state index contributed by atoms with van der Waals surface area (Å²) in [6, 6.07) is 1.19. The zero-order chi connectivity index (χ0) is 13.9. The van der Waals surface area contributed by atoms with Crippen LogP contribution in [0.15, 0.2) is 6.07 Å². The molecular weight excluding hydrogens is 366 g/mol. The molecule has 0 atom stereocenters. The van der Waals surface area contributed by atoms with Crippen molar-refractivity contribution in [1.82, 2.24) is 4.98 Å². The number of alkyl halides is 3. The molecule has 100 valence electrons. The quantitative estimate of drug-likeness (QED) is 0.463. The standard InChI is InChI=1S/C10H9F3INO3/c1-5-3-7(18-10(11,12)13)9(14)15-6(5)4-8(16)17-2/h3H,4H2,1-2H3. The van der Waals surface area contributed by atoms with Crippen molar-refractivity contribution in [2.24, 2.45) is 0 Å². The molecule has 0 aromatic carbocycles. The molecule has 4 nitrogen and oxygen atoms in total. The summed E-state index contributed by atoms with van der Waals surface area (Å²) in [6.45, 7) is 1.55. The zero-order valence-corrected chi connectivity index (χ0v) is 11.6. The lowest BCUT2D eigenvalue weighted by Crippen LogP contribution is -2.19. The Morgan fingerprint density at radius 1 is 1.50 bits per heavy atom. The van der Waals surface area contributed by atoms with Gasteiger partial charge in [-0.25, -0.2) is 4.98 Å². The average molecular weight is 375 g/mol. The predicted molar refractivity (Wildman–Crippen MR) is 64.1 cm³/mol. The van der Waals surface area contributed by atoms with Gasteiger partial charge in [-0.05, 0) is 41.1 Å². The number of carbonyl (C=O) groups excluding carboxylic acids is 1. The van der Waals surface area contributed by atoms with Crippen LogP contribution < -0.4 is 4.74 Å². The largest absolute Gasteiger partial charge is 0.573 e. The van der Waals surface area contributed by atoms with E-state index in [2.05, 4.69) is 14.5 Å². The molecule has 0 spiro atoms. The minimum Gasteiger partial charge on any atom is -0.469 e. The van der Waals surface area contributed by atoms with Gasteiger partial charge in [-0.15, -0.1) is 13.2 Å². The summed E-state index contributed by atoms with van der Waals surface area (Å²) in [4.78, 5) is 15.0. The van der Waals surface area contributed by atoms with Crippen molar-refractivity contribution in [2.75, 3.05) is 7.11 Å². The fourth-order valence-electron chi connectivity index (χ4n) is 1.19. The Labute approximate surface area is 115 Å². The van der Waals surface area contributed by atoms with Crippen molar-refractivity contribution in [3.63, 3.8) is 0 Å². The summed E-state index contributed by atoms with van der Waals surface area (Å²) >= 11 is 1.61. The minimum absolute atomic E-state index is 0.0365. The van der Waals surface area contributed by atoms with E-state index in [0.29, 0.717) is 11.3 Å². The number of nitrogens with zero attached hydrogens (tertiary/aromatic N) is 1. The van der Waals surface area contributed by atoms with Crippen molar-refractivity contribution in [3.8, 4) is 5.75 Å². The average Bonchev–Trinajstić information content (AvgIpc) is 2.23. The number of carbonyl (C=O) groups is 1. The Kier molecular flexibility index (Phi) is 4.77. The smallest absolute Gasteiger partial charge is 0.469 e. The van der Waals surface area contributed by atoms with Crippen LogP contribution in [0.5, 0.6) is 5.75 Å². The summed E-state index contributed by atoms with van der Waals surface area (Å²) in [6.07, 6.45) is -4.86. The van der Waals surface area contributed by atoms with Gasteiger partial charge in [-0.2, -0.15) is 0 Å². The summed E-state index contributed by atoms with van der Waals surface area (Å²) in [7, 11) is 1.23. The van der Waals surface area contributed by atoms with Crippen molar-refractivity contribution < 1.29 is 27.4 Å². The van der Waals surface area contributed by atoms with Gasteiger partial charge in [0.05, 0.1) is 19.2 Å². The fourth-order valence-corrected chi connectivity index (χ4v) is 1.74. The molecule has 1 heterocycles. The molecule has 18 heavy (non-hydrogen) atoms. The SMILES string of the molecule is COC(=O)Cc1nc(I)c(OC(F)(F)F)cc1C. The van der Waals surface area contributed by atoms with E-state index >= 15 is 0 Å². The van der Waals surface area contributed by atoms with Gasteiger partial charge in [-0.1, -0.05) is 0 Å². The molecule has 8 heteroatoms. The molecule has 0 radical (unpaired) electrons. The monoisotopic (exact) mass is 375 g/mol. The molecule has 0 saturated carbocycles. The number of ether oxygens (including phenoxy) is 2. The number of rotatable bonds is 3. The Morgan fingerprint density at radius 3 is 2.61 bits per heavy atom. The van der Waals surface area contributed by atoms with Crippen LogP contribution in [-0.4, -0.2) is 24.4 Å². The fraction of sp³-hybridized carbons (Fsp3) is 0.400. The molecule has 0 bridgehead atoms. The van der Waals surface area contributed by atoms with Crippen LogP contribution in [0.3, 0.4) is 0 Å². The van der Waals surface area contributed by atoms with Crippen molar-refractivity contribution in [1.29, 1.82) is 0 Å². The number of esters is 1. The maximum absolute atomic E-state index is 12.1. The van der Waals surface area contributed by atoms with Crippen LogP contribution >= 0.6 is 22.6 Å². The first-order chi connectivity index (χ1) is 8.23. The lowest BCUT2D eigenvalue weighted by molar-refractivity contribution is -0.275. The highest BCUT2D eigenvalue weighted by Gasteiger charge is 2.32. The van der Waals surface area contributed by atoms with Gasteiger partial charge in [-0.3, -0.25) is 4.79 Å². The van der Waals surface area contributed by atoms with E-state index in [1.165, 1.54) is 13.2 Å². The van der Waals surface area contributed by atoms with Crippen LogP contribution in [0.1, 0.15) is 11.3 Å². The summed E-state index contributed by atoms with van der Waals surface area (Å²) in [5, 5.41) is 0. The van der Waals surface area contributed by atoms with Crippen LogP contribution in [0.25, 0.3) is 0 Å². The first kappa shape index (κ1) is 15.0. The maximum atomic E-state index is 12.1. The van der Waals surface area contributed by atoms with Crippen LogP contribution in [0.4, 0.5) is 13.2 Å². The Morgan fingerprint density at radius 2 is 2.11 bits per heavy atom. The second-order valence-electron chi connectivity index (χ2n) is 3.34. The minimum atomic E-state index is -4.77. The molecule has 0 aliphatic heterocycles. The van der Waals surface area contributed by atoms with E-state index in [0.717, 1.165) is 0 Å². The van der Waals surface area contributed by atoms with E-state index in [1.54, 1.807) is 29.5 Å². The zero-order valence-electron chi connectivity index (χ0n) is 9.47. The molecule has 0 aliphatic rings. The molecule has 1 rings (SSSR count). The molecule has 0 saturated heterocycles. The third-order valence-corrected chi connectivity index (χ3v) is 2.78. The van der Waals surface area contributed by atoms with E-state index in [-0.39, 0.29) is 15.9 Å². The van der Waals surface area contributed by atoms with E-state index < -0.39 is 12.3 Å². The van der Waals surface area contributed by atoms with Crippen molar-refractivity contribution in [3.05, 3.63) is 21.0 Å². The normalized spacial score (nSPS) is 11.2. The highest BCUT2D eigenvalue weighted by atomic mass is 127. The van der Waals surface area contributed by atoms with Crippen molar-refractivity contribution >= 4 is 28.6 Å². The highest BCUT2D eigenvalue weighted by molar-refractivity contribution is 14.1. The van der Waals surface area contributed by atoms with E-state index in [4.69, 9.17) is 0 Å². The third-order valence-electron chi connectivity index (χ3n) is 2.00. The van der Waals surface area contributed by atoms with Crippen LogP contribution in [-0.2, 0) is 16.0 Å². The summed E-state index contributed by atoms with van der Waals surface area (Å²) in [5.74, 6) is -0.889. The molecule has 0 aliphatic carbocycles. The number of pyridine rings is 1. The van der Waals surface area contributed by atoms with Gasteiger partial charge in [0.15, 0.2) is 5.75 Å². The Bertz CT molecular complexity index is 462. The maximum Gasteiger partial charge on any atom is 0.573 e. The molecule has 0 fully saturated rings. The highest BCUT2D eigenvalue weighted by Crippen LogP contribution is 2.28. The first-order valence-electron chi connectivity index (χ1n) is 4.71. The lowest BCUT2D eigenvalue weighted by atomic mass is 10.1. The summed E-state index contributed by atoms with van der Waals surface area (Å²) < 4.78 is 44.6. The molecule has 0 amide bonds. The van der Waals surface area contributed by atoms with Gasteiger partial charge in [0.2, 0.25) is 0 Å². The second-order valence-corrected chi connectivity index (χ2v) is 4.36. The number of hydrogen-bond donors (Lipinski definition) is 0. The molecule has 0 unspecified atom stereocenters. The number of aryl methyl sites for hydroxylation is 1. The number of aromatic nitrogens is 1. The van der Waals surface area contributed by atoms with E-state index in [1.807, 2.05) is 0 Å². The van der Waals surface area contributed by atoms with Gasteiger partial charge in [0.25, 0.3) is 0 Å².